The molecule has 1 amide bonds. The van der Waals surface area contributed by atoms with Crippen LogP contribution in [0.3, 0.4) is 0 Å². The van der Waals surface area contributed by atoms with Gasteiger partial charge in [0.15, 0.2) is 11.5 Å². The molecule has 102 valence electrons. The van der Waals surface area contributed by atoms with E-state index in [-0.39, 0.29) is 30.5 Å². The van der Waals surface area contributed by atoms with Crippen LogP contribution in [-0.2, 0) is 4.79 Å². The van der Waals surface area contributed by atoms with E-state index in [1.54, 1.807) is 7.05 Å². The number of nitrogens with one attached hydrogen (secondary N) is 2. The highest BCUT2D eigenvalue weighted by molar-refractivity contribution is 5.93. The molecule has 1 aliphatic rings. The lowest BCUT2D eigenvalue weighted by molar-refractivity contribution is -0.384. The predicted octanol–water partition coefficient (Wildman–Crippen LogP) is 0.871. The molecule has 0 unspecified atom stereocenters. The van der Waals surface area contributed by atoms with Crippen LogP contribution in [0.5, 0.6) is 11.5 Å². The molecular weight excluding hydrogens is 254 g/mol. The van der Waals surface area contributed by atoms with Crippen LogP contribution in [0.4, 0.5) is 11.4 Å². The van der Waals surface area contributed by atoms with Crippen molar-refractivity contribution in [1.82, 2.24) is 5.32 Å². The molecule has 19 heavy (non-hydrogen) atoms. The first kappa shape index (κ1) is 13.1. The van der Waals surface area contributed by atoms with Gasteiger partial charge >= 0.3 is 0 Å². The molecule has 2 rings (SSSR count). The number of carbonyl (C=O) groups excluding carboxylic acids is 1. The number of hydrogen-bond donors (Lipinski definition) is 2. The lowest BCUT2D eigenvalue weighted by atomic mass is 10.2. The smallest absolute Gasteiger partial charge is 0.296 e. The Morgan fingerprint density at radius 1 is 1.42 bits per heavy atom. The van der Waals surface area contributed by atoms with Crippen LogP contribution < -0.4 is 20.1 Å². The van der Waals surface area contributed by atoms with Gasteiger partial charge in [-0.15, -0.1) is 0 Å². The molecule has 0 fully saturated rings. The summed E-state index contributed by atoms with van der Waals surface area (Å²) in [6.07, 6.45) is 0.224. The second kappa shape index (κ2) is 5.53. The van der Waals surface area contributed by atoms with Gasteiger partial charge in [-0.05, 0) is 7.05 Å². The fraction of sp³-hybridized carbons (Fsp3) is 0.364. The first-order valence-electron chi connectivity index (χ1n) is 5.64. The molecule has 8 nitrogen and oxygen atoms in total. The molecule has 0 radical (unpaired) electrons. The van der Waals surface area contributed by atoms with Crippen molar-refractivity contribution in [2.24, 2.45) is 0 Å². The molecule has 0 saturated heterocycles. The maximum atomic E-state index is 11.6. The van der Waals surface area contributed by atoms with E-state index in [9.17, 15) is 14.9 Å². The van der Waals surface area contributed by atoms with Crippen molar-refractivity contribution in [3.05, 3.63) is 22.2 Å². The lowest BCUT2D eigenvalue weighted by Crippen LogP contribution is -2.19. The molecule has 0 saturated carbocycles. The Kier molecular flexibility index (Phi) is 3.81. The van der Waals surface area contributed by atoms with E-state index in [4.69, 9.17) is 9.47 Å². The third-order valence-corrected chi connectivity index (χ3v) is 2.56. The van der Waals surface area contributed by atoms with Gasteiger partial charge in [-0.25, -0.2) is 0 Å². The SMILES string of the molecule is CNCCC(=O)Nc1cc2c(cc1[N+](=O)[O-])OCO2. The van der Waals surface area contributed by atoms with Crippen LogP contribution in [-0.4, -0.2) is 31.2 Å². The number of anilines is 1. The third kappa shape index (κ3) is 2.91. The molecule has 2 N–H and O–H groups in total. The minimum absolute atomic E-state index is 0.0175. The summed E-state index contributed by atoms with van der Waals surface area (Å²) in [5, 5.41) is 16.3. The summed E-state index contributed by atoms with van der Waals surface area (Å²) < 4.78 is 10.2. The summed E-state index contributed by atoms with van der Waals surface area (Å²) >= 11 is 0. The van der Waals surface area contributed by atoms with Gasteiger partial charge in [-0.1, -0.05) is 0 Å². The molecule has 0 bridgehead atoms. The molecule has 1 aromatic rings. The van der Waals surface area contributed by atoms with Crippen LogP contribution >= 0.6 is 0 Å². The van der Waals surface area contributed by atoms with Gasteiger partial charge in [0.25, 0.3) is 5.69 Å². The van der Waals surface area contributed by atoms with Gasteiger partial charge in [-0.3, -0.25) is 14.9 Å². The standard InChI is InChI=1S/C11H13N3O5/c1-12-3-2-11(15)13-7-4-9-10(19-6-18-9)5-8(7)14(16)17/h4-5,12H,2-3,6H2,1H3,(H,13,15). The first-order chi connectivity index (χ1) is 9.11. The Hall–Kier alpha value is -2.35. The van der Waals surface area contributed by atoms with Crippen molar-refractivity contribution in [3.63, 3.8) is 0 Å². The van der Waals surface area contributed by atoms with E-state index in [1.807, 2.05) is 0 Å². The summed E-state index contributed by atoms with van der Waals surface area (Å²) in [7, 11) is 1.72. The van der Waals surface area contributed by atoms with Crippen LogP contribution in [0.1, 0.15) is 6.42 Å². The zero-order chi connectivity index (χ0) is 13.8. The number of benzene rings is 1. The number of ether oxygens (including phenoxy) is 2. The Bertz CT molecular complexity index is 517. The normalized spacial score (nSPS) is 12.3. The monoisotopic (exact) mass is 267 g/mol. The van der Waals surface area contributed by atoms with Crippen molar-refractivity contribution in [2.75, 3.05) is 25.7 Å². The maximum Gasteiger partial charge on any atom is 0.296 e. The minimum atomic E-state index is -0.574. The Morgan fingerprint density at radius 2 is 2.11 bits per heavy atom. The quantitative estimate of drug-likeness (QED) is 0.606. The highest BCUT2D eigenvalue weighted by atomic mass is 16.7. The maximum absolute atomic E-state index is 11.6. The molecule has 1 aliphatic heterocycles. The van der Waals surface area contributed by atoms with E-state index < -0.39 is 4.92 Å². The van der Waals surface area contributed by atoms with Crippen molar-refractivity contribution >= 4 is 17.3 Å². The van der Waals surface area contributed by atoms with Crippen LogP contribution in [0.25, 0.3) is 0 Å². The van der Waals surface area contributed by atoms with Crippen LogP contribution in [0.2, 0.25) is 0 Å². The Balaban J connectivity index is 2.23. The molecular formula is C11H13N3O5. The highest BCUT2D eigenvalue weighted by Gasteiger charge is 2.24. The third-order valence-electron chi connectivity index (χ3n) is 2.56. The fourth-order valence-corrected chi connectivity index (χ4v) is 1.63. The van der Waals surface area contributed by atoms with Gasteiger partial charge < -0.3 is 20.1 Å². The summed E-state index contributed by atoms with van der Waals surface area (Å²) in [5.41, 5.74) is -0.114. The van der Waals surface area contributed by atoms with E-state index in [0.717, 1.165) is 0 Å². The van der Waals surface area contributed by atoms with Gasteiger partial charge in [0.1, 0.15) is 5.69 Å². The number of fused-ring (bicyclic) bond motifs is 1. The molecule has 0 atom stereocenters. The molecule has 1 aromatic carbocycles. The Labute approximate surface area is 108 Å². The second-order valence-corrected chi connectivity index (χ2v) is 3.88. The van der Waals surface area contributed by atoms with Crippen molar-refractivity contribution < 1.29 is 19.2 Å². The first-order valence-corrected chi connectivity index (χ1v) is 5.64. The van der Waals surface area contributed by atoms with Crippen molar-refractivity contribution in [3.8, 4) is 11.5 Å². The molecule has 1 heterocycles. The summed E-state index contributed by atoms with van der Waals surface area (Å²) in [4.78, 5) is 22.0. The topological polar surface area (TPSA) is 103 Å². The molecule has 0 aliphatic carbocycles. The Morgan fingerprint density at radius 3 is 2.74 bits per heavy atom. The number of rotatable bonds is 5. The van der Waals surface area contributed by atoms with E-state index in [2.05, 4.69) is 10.6 Å². The van der Waals surface area contributed by atoms with Gasteiger partial charge in [0.2, 0.25) is 12.7 Å². The number of nitro groups is 1. The van der Waals surface area contributed by atoms with Gasteiger partial charge in [0.05, 0.1) is 11.0 Å². The van der Waals surface area contributed by atoms with E-state index >= 15 is 0 Å². The van der Waals surface area contributed by atoms with Crippen LogP contribution in [0.15, 0.2) is 12.1 Å². The van der Waals surface area contributed by atoms with Crippen molar-refractivity contribution in [2.45, 2.75) is 6.42 Å². The van der Waals surface area contributed by atoms with Gasteiger partial charge in [-0.2, -0.15) is 0 Å². The number of amides is 1. The number of nitrogens with zero attached hydrogens (tertiary/aromatic N) is 1. The number of carbonyl (C=O) groups is 1. The van der Waals surface area contributed by atoms with Gasteiger partial charge in [0, 0.05) is 19.0 Å². The summed E-state index contributed by atoms with van der Waals surface area (Å²) in [5.74, 6) is 0.380. The molecule has 0 aromatic heterocycles. The number of nitro benzene ring substituents is 1. The minimum Gasteiger partial charge on any atom is -0.454 e. The lowest BCUT2D eigenvalue weighted by Gasteiger charge is -2.07. The average Bonchev–Trinajstić information content (AvgIpc) is 2.82. The molecule has 0 spiro atoms. The predicted molar refractivity (Wildman–Crippen MR) is 66.4 cm³/mol. The summed E-state index contributed by atoms with van der Waals surface area (Å²) in [6, 6.07) is 2.65. The van der Waals surface area contributed by atoms with Crippen LogP contribution in [0, 0.1) is 10.1 Å². The zero-order valence-corrected chi connectivity index (χ0v) is 10.3. The second-order valence-electron chi connectivity index (χ2n) is 3.88. The fourth-order valence-electron chi connectivity index (χ4n) is 1.63. The average molecular weight is 267 g/mol. The largest absolute Gasteiger partial charge is 0.454 e. The zero-order valence-electron chi connectivity index (χ0n) is 10.3. The number of hydrogen-bond acceptors (Lipinski definition) is 6. The van der Waals surface area contributed by atoms with E-state index in [1.165, 1.54) is 12.1 Å². The van der Waals surface area contributed by atoms with E-state index in [0.29, 0.717) is 18.0 Å². The van der Waals surface area contributed by atoms with Crippen molar-refractivity contribution in [1.29, 1.82) is 0 Å². The summed E-state index contributed by atoms with van der Waals surface area (Å²) in [6.45, 7) is 0.508. The molecule has 8 heteroatoms. The highest BCUT2D eigenvalue weighted by Crippen LogP contribution is 2.40.